The third-order valence-corrected chi connectivity index (χ3v) is 5.45. The van der Waals surface area contributed by atoms with Crippen LogP contribution in [0.2, 0.25) is 0 Å². The van der Waals surface area contributed by atoms with Gasteiger partial charge in [0.25, 0.3) is 0 Å². The van der Waals surface area contributed by atoms with Crippen LogP contribution in [0.4, 0.5) is 0 Å². The minimum absolute atomic E-state index is 0.0543. The molecule has 1 N–H and O–H groups in total. The summed E-state index contributed by atoms with van der Waals surface area (Å²) in [4.78, 5) is 2.12. The van der Waals surface area contributed by atoms with E-state index in [9.17, 15) is 13.5 Å². The van der Waals surface area contributed by atoms with E-state index in [0.717, 1.165) is 24.6 Å². The first-order valence-electron chi connectivity index (χ1n) is 4.79. The number of aliphatic hydroxyl groups excluding tert-OH is 1. The summed E-state index contributed by atoms with van der Waals surface area (Å²) < 4.78 is 22.6. The van der Waals surface area contributed by atoms with Crippen LogP contribution in [0.15, 0.2) is 0 Å². The molecule has 0 radical (unpaired) electrons. The van der Waals surface area contributed by atoms with Crippen LogP contribution < -0.4 is 0 Å². The number of rotatable bonds is 1. The molecule has 0 aromatic rings. The van der Waals surface area contributed by atoms with Gasteiger partial charge in [-0.05, 0) is 0 Å². The Bertz CT molecular complexity index is 298. The lowest BCUT2D eigenvalue weighted by Gasteiger charge is -2.32. The van der Waals surface area contributed by atoms with Crippen molar-refractivity contribution in [2.45, 2.75) is 12.1 Å². The topological polar surface area (TPSA) is 57.6 Å². The van der Waals surface area contributed by atoms with Crippen molar-refractivity contribution in [1.29, 1.82) is 0 Å². The maximum atomic E-state index is 11.3. The summed E-state index contributed by atoms with van der Waals surface area (Å²) in [5.41, 5.74) is 0. The van der Waals surface area contributed by atoms with Gasteiger partial charge >= 0.3 is 0 Å². The van der Waals surface area contributed by atoms with Crippen molar-refractivity contribution in [1.82, 2.24) is 4.90 Å². The summed E-state index contributed by atoms with van der Waals surface area (Å²) in [5, 5.41) is 9.65. The van der Waals surface area contributed by atoms with E-state index in [4.69, 9.17) is 0 Å². The van der Waals surface area contributed by atoms with E-state index in [1.165, 1.54) is 0 Å². The maximum absolute atomic E-state index is 11.3. The van der Waals surface area contributed by atoms with Crippen LogP contribution in [-0.4, -0.2) is 66.7 Å². The first-order valence-corrected chi connectivity index (χ1v) is 7.76. The third kappa shape index (κ3) is 2.24. The fraction of sp³-hybridized carbons (Fsp3) is 1.00. The average Bonchev–Trinajstić information content (AvgIpc) is 2.41. The first kappa shape index (κ1) is 10.7. The lowest BCUT2D eigenvalue weighted by molar-refractivity contribution is 0.0899. The second-order valence-corrected chi connectivity index (χ2v) is 7.24. The standard InChI is InChI=1S/C8H15NO3S2/c10-8-6-14(11,12)5-7(8)9-1-3-13-4-2-9/h7-8,10H,1-6H2/t7-,8-/m0/s1. The number of sulfone groups is 1. The van der Waals surface area contributed by atoms with E-state index >= 15 is 0 Å². The zero-order chi connectivity index (χ0) is 10.2. The Morgan fingerprint density at radius 2 is 1.86 bits per heavy atom. The molecule has 2 saturated heterocycles. The molecule has 0 bridgehead atoms. The fourth-order valence-electron chi connectivity index (χ4n) is 2.07. The summed E-state index contributed by atoms with van der Waals surface area (Å²) >= 11 is 1.89. The van der Waals surface area contributed by atoms with E-state index < -0.39 is 15.9 Å². The molecular weight excluding hydrogens is 222 g/mol. The van der Waals surface area contributed by atoms with Gasteiger partial charge in [0.15, 0.2) is 9.84 Å². The van der Waals surface area contributed by atoms with Gasteiger partial charge in [-0.2, -0.15) is 11.8 Å². The predicted molar refractivity (Wildman–Crippen MR) is 57.3 cm³/mol. The van der Waals surface area contributed by atoms with Crippen molar-refractivity contribution in [2.24, 2.45) is 0 Å². The van der Waals surface area contributed by atoms with E-state index in [0.29, 0.717) is 0 Å². The van der Waals surface area contributed by atoms with Crippen LogP contribution in [0.25, 0.3) is 0 Å². The first-order chi connectivity index (χ1) is 6.58. The molecule has 2 rings (SSSR count). The molecular formula is C8H15NO3S2. The van der Waals surface area contributed by atoms with E-state index in [-0.39, 0.29) is 17.5 Å². The molecule has 0 saturated carbocycles. The van der Waals surface area contributed by atoms with Crippen molar-refractivity contribution in [3.63, 3.8) is 0 Å². The summed E-state index contributed by atoms with van der Waals surface area (Å²) in [6.45, 7) is 1.81. The highest BCUT2D eigenvalue weighted by Crippen LogP contribution is 2.21. The Morgan fingerprint density at radius 3 is 2.36 bits per heavy atom. The van der Waals surface area contributed by atoms with Crippen LogP contribution in [0, 0.1) is 0 Å². The highest BCUT2D eigenvalue weighted by Gasteiger charge is 2.40. The molecule has 0 unspecified atom stereocenters. The molecule has 82 valence electrons. The van der Waals surface area contributed by atoms with Gasteiger partial charge in [-0.25, -0.2) is 8.42 Å². The minimum Gasteiger partial charge on any atom is -0.390 e. The van der Waals surface area contributed by atoms with E-state index in [1.807, 2.05) is 11.8 Å². The zero-order valence-corrected chi connectivity index (χ0v) is 9.56. The van der Waals surface area contributed by atoms with Gasteiger partial charge in [0.05, 0.1) is 23.7 Å². The second-order valence-electron chi connectivity index (χ2n) is 3.86. The van der Waals surface area contributed by atoms with Gasteiger partial charge in [0, 0.05) is 24.6 Å². The summed E-state index contributed by atoms with van der Waals surface area (Å²) in [5.74, 6) is 2.17. The predicted octanol–water partition coefficient (Wildman–Crippen LogP) is -0.807. The monoisotopic (exact) mass is 237 g/mol. The Kier molecular flexibility index (Phi) is 3.06. The van der Waals surface area contributed by atoms with E-state index in [2.05, 4.69) is 4.90 Å². The van der Waals surface area contributed by atoms with Crippen LogP contribution in [0.1, 0.15) is 0 Å². The lowest BCUT2D eigenvalue weighted by atomic mass is 10.2. The quantitative estimate of drug-likeness (QED) is 0.646. The molecule has 0 aromatic carbocycles. The molecule has 14 heavy (non-hydrogen) atoms. The molecule has 2 atom stereocenters. The second kappa shape index (κ2) is 4.00. The Labute approximate surface area is 88.6 Å². The summed E-state index contributed by atoms with van der Waals surface area (Å²) in [6.07, 6.45) is -0.678. The van der Waals surface area contributed by atoms with Gasteiger partial charge in [-0.15, -0.1) is 0 Å². The zero-order valence-electron chi connectivity index (χ0n) is 7.92. The Balaban J connectivity index is 2.04. The van der Waals surface area contributed by atoms with Crippen molar-refractivity contribution in [3.05, 3.63) is 0 Å². The Hall–Kier alpha value is 0.220. The molecule has 4 nitrogen and oxygen atoms in total. The number of hydrogen-bond donors (Lipinski definition) is 1. The number of nitrogens with zero attached hydrogens (tertiary/aromatic N) is 1. The van der Waals surface area contributed by atoms with Gasteiger partial charge in [-0.1, -0.05) is 0 Å². The molecule has 2 fully saturated rings. The third-order valence-electron chi connectivity index (χ3n) is 2.81. The van der Waals surface area contributed by atoms with Crippen LogP contribution in [0.5, 0.6) is 0 Å². The average molecular weight is 237 g/mol. The smallest absolute Gasteiger partial charge is 0.154 e. The molecule has 0 aliphatic carbocycles. The van der Waals surface area contributed by atoms with Crippen molar-refractivity contribution < 1.29 is 13.5 Å². The minimum atomic E-state index is -2.99. The summed E-state index contributed by atoms with van der Waals surface area (Å²) in [7, 11) is -2.99. The van der Waals surface area contributed by atoms with Gasteiger partial charge in [-0.3, -0.25) is 4.90 Å². The fourth-order valence-corrected chi connectivity index (χ4v) is 4.83. The number of hydrogen-bond acceptors (Lipinski definition) is 5. The molecule has 0 amide bonds. The molecule has 2 heterocycles. The van der Waals surface area contributed by atoms with Gasteiger partial charge in [0.2, 0.25) is 0 Å². The molecule has 2 aliphatic rings. The molecule has 0 spiro atoms. The Morgan fingerprint density at radius 1 is 1.21 bits per heavy atom. The molecule has 6 heteroatoms. The maximum Gasteiger partial charge on any atom is 0.154 e. The largest absolute Gasteiger partial charge is 0.390 e. The molecule has 2 aliphatic heterocycles. The van der Waals surface area contributed by atoms with Crippen LogP contribution in [0.3, 0.4) is 0 Å². The number of thioether (sulfide) groups is 1. The highest BCUT2D eigenvalue weighted by atomic mass is 32.2. The van der Waals surface area contributed by atoms with Crippen molar-refractivity contribution >= 4 is 21.6 Å². The summed E-state index contributed by atoms with van der Waals surface area (Å²) in [6, 6.07) is -0.152. The van der Waals surface area contributed by atoms with E-state index in [1.54, 1.807) is 0 Å². The highest BCUT2D eigenvalue weighted by molar-refractivity contribution is 7.99. The number of aliphatic hydroxyl groups is 1. The van der Waals surface area contributed by atoms with Crippen LogP contribution in [-0.2, 0) is 9.84 Å². The normalized spacial score (nSPS) is 38.6. The lowest BCUT2D eigenvalue weighted by Crippen LogP contribution is -2.47. The SMILES string of the molecule is O=S1(=O)C[C@H](O)[C@@H](N2CCSCC2)C1. The van der Waals surface area contributed by atoms with Gasteiger partial charge < -0.3 is 5.11 Å². The van der Waals surface area contributed by atoms with Gasteiger partial charge in [0.1, 0.15) is 0 Å². The van der Waals surface area contributed by atoms with Crippen LogP contribution >= 0.6 is 11.8 Å². The molecule has 0 aromatic heterocycles. The van der Waals surface area contributed by atoms with Crippen molar-refractivity contribution in [3.8, 4) is 0 Å². The van der Waals surface area contributed by atoms with Crippen molar-refractivity contribution in [2.75, 3.05) is 36.1 Å².